The first-order valence-electron chi connectivity index (χ1n) is 7.99. The molecule has 0 saturated carbocycles. The molecule has 3 rings (SSSR count). The second-order valence-corrected chi connectivity index (χ2v) is 6.20. The van der Waals surface area contributed by atoms with Crippen molar-refractivity contribution in [2.24, 2.45) is 5.92 Å². The van der Waals surface area contributed by atoms with Gasteiger partial charge in [-0.3, -0.25) is 9.69 Å². The van der Waals surface area contributed by atoms with Gasteiger partial charge in [0.2, 0.25) is 0 Å². The zero-order valence-electron chi connectivity index (χ0n) is 13.1. The van der Waals surface area contributed by atoms with Crippen molar-refractivity contribution in [3.8, 4) is 0 Å². The van der Waals surface area contributed by atoms with Crippen LogP contribution in [0.5, 0.6) is 0 Å². The number of morpholine rings is 1. The molecule has 1 aromatic rings. The summed E-state index contributed by atoms with van der Waals surface area (Å²) in [7, 11) is 0. The van der Waals surface area contributed by atoms with Gasteiger partial charge < -0.3 is 9.64 Å². The fraction of sp³-hybridized carbons (Fsp3) is 0.588. The Kier molecular flexibility index (Phi) is 4.74. The quantitative estimate of drug-likeness (QED) is 0.798. The van der Waals surface area contributed by atoms with Crippen LogP contribution in [0.3, 0.4) is 0 Å². The minimum Gasteiger partial charge on any atom is -0.379 e. The first-order valence-corrected chi connectivity index (χ1v) is 7.99. The number of anilines is 1. The summed E-state index contributed by atoms with van der Waals surface area (Å²) in [6.45, 7) is 7.89. The number of nitrogens with zero attached hydrogens (tertiary/aromatic N) is 2. The molecule has 0 aromatic heterocycles. The fourth-order valence-corrected chi connectivity index (χ4v) is 3.47. The summed E-state index contributed by atoms with van der Waals surface area (Å²) in [5, 5.41) is 0. The molecule has 0 amide bonds. The molecule has 2 saturated heterocycles. The van der Waals surface area contributed by atoms with Crippen LogP contribution in [-0.2, 0) is 4.74 Å². The number of carbonyl (C=O) groups excluding carboxylic acids is 1. The van der Waals surface area contributed by atoms with E-state index in [1.54, 1.807) is 6.07 Å². The van der Waals surface area contributed by atoms with Gasteiger partial charge in [-0.1, -0.05) is 6.07 Å². The van der Waals surface area contributed by atoms with Crippen molar-refractivity contribution >= 4 is 11.5 Å². The van der Waals surface area contributed by atoms with Crippen molar-refractivity contribution in [1.82, 2.24) is 4.90 Å². The monoisotopic (exact) mass is 306 g/mol. The molecule has 0 radical (unpaired) electrons. The Morgan fingerprint density at radius 3 is 2.82 bits per heavy atom. The van der Waals surface area contributed by atoms with Gasteiger partial charge in [0.05, 0.1) is 24.5 Å². The van der Waals surface area contributed by atoms with E-state index in [4.69, 9.17) is 4.74 Å². The number of Topliss-reactive ketones (excluding diaryl/α,β-unsaturated/α-hetero) is 1. The number of hydrogen-bond acceptors (Lipinski definition) is 4. The molecule has 2 aliphatic rings. The maximum absolute atomic E-state index is 14.0. The van der Waals surface area contributed by atoms with Crippen LogP contribution in [0.4, 0.5) is 10.1 Å². The van der Waals surface area contributed by atoms with Gasteiger partial charge >= 0.3 is 0 Å². The van der Waals surface area contributed by atoms with Gasteiger partial charge in [0, 0.05) is 32.7 Å². The second-order valence-electron chi connectivity index (χ2n) is 6.20. The highest BCUT2D eigenvalue weighted by Crippen LogP contribution is 2.29. The van der Waals surface area contributed by atoms with Crippen molar-refractivity contribution in [3.63, 3.8) is 0 Å². The molecule has 0 spiro atoms. The molecule has 0 bridgehead atoms. The third-order valence-electron chi connectivity index (χ3n) is 4.59. The lowest BCUT2D eigenvalue weighted by Gasteiger charge is -2.29. The van der Waals surface area contributed by atoms with E-state index in [-0.39, 0.29) is 11.3 Å². The summed E-state index contributed by atoms with van der Waals surface area (Å²) >= 11 is 0. The van der Waals surface area contributed by atoms with E-state index in [9.17, 15) is 9.18 Å². The number of hydrogen-bond donors (Lipinski definition) is 0. The average molecular weight is 306 g/mol. The highest BCUT2D eigenvalue weighted by Gasteiger charge is 2.28. The Balaban J connectivity index is 1.67. The summed E-state index contributed by atoms with van der Waals surface area (Å²) in [6.07, 6.45) is 1.09. The van der Waals surface area contributed by atoms with Gasteiger partial charge in [0.25, 0.3) is 0 Å². The SMILES string of the molecule is CC(=O)c1c(F)cccc1N1CC[C@@H](CN2CCOCC2)C1. The van der Waals surface area contributed by atoms with E-state index in [2.05, 4.69) is 9.80 Å². The first-order chi connectivity index (χ1) is 10.6. The van der Waals surface area contributed by atoms with Gasteiger partial charge in [0.1, 0.15) is 5.82 Å². The van der Waals surface area contributed by atoms with Crippen LogP contribution >= 0.6 is 0 Å². The Hall–Kier alpha value is -1.46. The number of carbonyl (C=O) groups is 1. The van der Waals surface area contributed by atoms with E-state index < -0.39 is 5.82 Å². The standard InChI is InChI=1S/C17H23FN2O2/c1-13(21)17-15(18)3-2-4-16(17)20-6-5-14(12-20)11-19-7-9-22-10-8-19/h2-4,14H,5-12H2,1H3/t14-/m0/s1. The lowest BCUT2D eigenvalue weighted by Crippen LogP contribution is -2.40. The minimum atomic E-state index is -0.415. The molecule has 0 unspecified atom stereocenters. The van der Waals surface area contributed by atoms with Crippen LogP contribution in [0.1, 0.15) is 23.7 Å². The molecule has 0 N–H and O–H groups in total. The molecule has 5 heteroatoms. The molecule has 22 heavy (non-hydrogen) atoms. The number of ether oxygens (including phenoxy) is 1. The Morgan fingerprint density at radius 2 is 2.09 bits per heavy atom. The lowest BCUT2D eigenvalue weighted by molar-refractivity contribution is 0.0320. The van der Waals surface area contributed by atoms with Gasteiger partial charge in [-0.15, -0.1) is 0 Å². The van der Waals surface area contributed by atoms with Gasteiger partial charge in [-0.05, 0) is 31.4 Å². The highest BCUT2D eigenvalue weighted by molar-refractivity contribution is 6.00. The molecule has 1 aromatic carbocycles. The number of halogens is 1. The predicted octanol–water partition coefficient (Wildman–Crippen LogP) is 2.19. The van der Waals surface area contributed by atoms with Gasteiger partial charge in [-0.2, -0.15) is 0 Å². The fourth-order valence-electron chi connectivity index (χ4n) is 3.47. The van der Waals surface area contributed by atoms with Crippen molar-refractivity contribution in [2.45, 2.75) is 13.3 Å². The summed E-state index contributed by atoms with van der Waals surface area (Å²) in [4.78, 5) is 16.4. The van der Waals surface area contributed by atoms with Crippen molar-refractivity contribution in [2.75, 3.05) is 50.8 Å². The topological polar surface area (TPSA) is 32.8 Å². The molecule has 4 nitrogen and oxygen atoms in total. The van der Waals surface area contributed by atoms with Gasteiger partial charge in [0.15, 0.2) is 5.78 Å². The van der Waals surface area contributed by atoms with Crippen LogP contribution in [0.25, 0.3) is 0 Å². The number of rotatable bonds is 4. The number of ketones is 1. The minimum absolute atomic E-state index is 0.204. The van der Waals surface area contributed by atoms with E-state index in [1.165, 1.54) is 13.0 Å². The Morgan fingerprint density at radius 1 is 1.32 bits per heavy atom. The molecular formula is C17H23FN2O2. The molecule has 2 aliphatic heterocycles. The summed E-state index contributed by atoms with van der Waals surface area (Å²) in [5.41, 5.74) is 0.978. The smallest absolute Gasteiger partial charge is 0.164 e. The lowest BCUT2D eigenvalue weighted by atomic mass is 10.1. The van der Waals surface area contributed by atoms with E-state index in [0.29, 0.717) is 5.92 Å². The Labute approximate surface area is 130 Å². The summed E-state index contributed by atoms with van der Waals surface area (Å²) in [5.74, 6) is -0.0486. The van der Waals surface area contributed by atoms with E-state index >= 15 is 0 Å². The van der Waals surface area contributed by atoms with Crippen LogP contribution in [0.2, 0.25) is 0 Å². The molecular weight excluding hydrogens is 283 g/mol. The number of benzene rings is 1. The summed E-state index contributed by atoms with van der Waals surface area (Å²) in [6, 6.07) is 4.91. The predicted molar refractivity (Wildman–Crippen MR) is 84.0 cm³/mol. The normalized spacial score (nSPS) is 23.0. The second kappa shape index (κ2) is 6.75. The van der Waals surface area contributed by atoms with Crippen molar-refractivity contribution in [3.05, 3.63) is 29.6 Å². The molecule has 120 valence electrons. The maximum atomic E-state index is 14.0. The highest BCUT2D eigenvalue weighted by atomic mass is 19.1. The maximum Gasteiger partial charge on any atom is 0.164 e. The van der Waals surface area contributed by atoms with Crippen LogP contribution in [0.15, 0.2) is 18.2 Å². The first kappa shape index (κ1) is 15.4. The average Bonchev–Trinajstić information content (AvgIpc) is 2.96. The largest absolute Gasteiger partial charge is 0.379 e. The molecule has 2 fully saturated rings. The van der Waals surface area contributed by atoms with Crippen molar-refractivity contribution in [1.29, 1.82) is 0 Å². The Bertz CT molecular complexity index is 543. The third-order valence-corrected chi connectivity index (χ3v) is 4.59. The molecule has 2 heterocycles. The molecule has 0 aliphatic carbocycles. The zero-order valence-corrected chi connectivity index (χ0v) is 13.1. The zero-order chi connectivity index (χ0) is 15.5. The summed E-state index contributed by atoms with van der Waals surface area (Å²) < 4.78 is 19.3. The van der Waals surface area contributed by atoms with E-state index in [1.807, 2.05) is 6.07 Å². The third kappa shape index (κ3) is 3.31. The molecule has 1 atom stereocenters. The van der Waals surface area contributed by atoms with Crippen LogP contribution in [0, 0.1) is 11.7 Å². The van der Waals surface area contributed by atoms with Crippen LogP contribution < -0.4 is 4.90 Å². The van der Waals surface area contributed by atoms with Gasteiger partial charge in [-0.25, -0.2) is 4.39 Å². The van der Waals surface area contributed by atoms with Crippen molar-refractivity contribution < 1.29 is 13.9 Å². The van der Waals surface area contributed by atoms with Crippen LogP contribution in [-0.4, -0.2) is 56.6 Å². The van der Waals surface area contributed by atoms with E-state index in [0.717, 1.165) is 58.0 Å².